The van der Waals surface area contributed by atoms with Crippen molar-refractivity contribution in [2.45, 2.75) is 19.3 Å². The number of aromatic amines is 1. The van der Waals surface area contributed by atoms with Crippen LogP contribution in [0, 0.1) is 0 Å². The number of nitrogens with one attached hydrogen (secondary N) is 1. The van der Waals surface area contributed by atoms with Crippen molar-refractivity contribution in [3.05, 3.63) is 54.5 Å². The molecule has 1 aliphatic rings. The molecule has 1 aliphatic heterocycles. The molecule has 1 saturated heterocycles. The van der Waals surface area contributed by atoms with Gasteiger partial charge in [0.05, 0.1) is 0 Å². The van der Waals surface area contributed by atoms with Crippen LogP contribution in [-0.4, -0.2) is 52.6 Å². The normalized spacial score (nSPS) is 15.8. The molecule has 4 rings (SSSR count). The van der Waals surface area contributed by atoms with Crippen molar-refractivity contribution in [1.82, 2.24) is 19.9 Å². The number of aryl methyl sites for hydroxylation is 1. The number of aromatic nitrogens is 3. The van der Waals surface area contributed by atoms with Gasteiger partial charge >= 0.3 is 0 Å². The van der Waals surface area contributed by atoms with Gasteiger partial charge in [-0.3, -0.25) is 4.90 Å². The van der Waals surface area contributed by atoms with Crippen LogP contribution in [0.5, 0.6) is 0 Å². The second kappa shape index (κ2) is 7.66. The third kappa shape index (κ3) is 3.82. The van der Waals surface area contributed by atoms with Crippen molar-refractivity contribution in [1.29, 1.82) is 0 Å². The van der Waals surface area contributed by atoms with Gasteiger partial charge in [0.15, 0.2) is 0 Å². The van der Waals surface area contributed by atoms with Crippen LogP contribution in [0.2, 0.25) is 0 Å². The lowest BCUT2D eigenvalue weighted by Gasteiger charge is -2.34. The van der Waals surface area contributed by atoms with Gasteiger partial charge in [0.25, 0.3) is 0 Å². The topological polar surface area (TPSA) is 48.1 Å². The van der Waals surface area contributed by atoms with Gasteiger partial charge in [0, 0.05) is 55.7 Å². The Bertz CT molecular complexity index is 790. The van der Waals surface area contributed by atoms with E-state index in [1.807, 2.05) is 18.5 Å². The molecule has 1 N–H and O–H groups in total. The summed E-state index contributed by atoms with van der Waals surface area (Å²) in [6.45, 7) is 5.43. The monoisotopic (exact) mass is 335 g/mol. The largest absolute Gasteiger partial charge is 0.361 e. The maximum Gasteiger partial charge on any atom is 0.225 e. The number of nitrogens with zero attached hydrogens (tertiary/aromatic N) is 4. The first-order chi connectivity index (χ1) is 12.4. The summed E-state index contributed by atoms with van der Waals surface area (Å²) in [5, 5.41) is 1.37. The van der Waals surface area contributed by atoms with E-state index in [1.54, 1.807) is 0 Å². The van der Waals surface area contributed by atoms with Crippen LogP contribution in [0.3, 0.4) is 0 Å². The van der Waals surface area contributed by atoms with Crippen molar-refractivity contribution in [2.75, 3.05) is 37.6 Å². The van der Waals surface area contributed by atoms with E-state index in [1.165, 1.54) is 35.9 Å². The van der Waals surface area contributed by atoms with E-state index in [0.717, 1.165) is 38.5 Å². The van der Waals surface area contributed by atoms with Crippen LogP contribution >= 0.6 is 0 Å². The fourth-order valence-corrected chi connectivity index (χ4v) is 3.62. The summed E-state index contributed by atoms with van der Waals surface area (Å²) < 4.78 is 0. The summed E-state index contributed by atoms with van der Waals surface area (Å²) >= 11 is 0. The minimum absolute atomic E-state index is 0.862. The molecule has 0 aliphatic carbocycles. The number of rotatable bonds is 6. The summed E-state index contributed by atoms with van der Waals surface area (Å²) in [6, 6.07) is 10.4. The summed E-state index contributed by atoms with van der Waals surface area (Å²) in [6.07, 6.45) is 9.45. The number of fused-ring (bicyclic) bond motifs is 1. The van der Waals surface area contributed by atoms with Crippen LogP contribution < -0.4 is 4.90 Å². The van der Waals surface area contributed by atoms with Crippen molar-refractivity contribution in [2.24, 2.45) is 0 Å². The third-order valence-electron chi connectivity index (χ3n) is 5.05. The number of piperazine rings is 1. The van der Waals surface area contributed by atoms with Gasteiger partial charge in [-0.1, -0.05) is 18.2 Å². The molecular formula is C20H25N5. The van der Waals surface area contributed by atoms with E-state index in [0.29, 0.717) is 0 Å². The molecule has 1 fully saturated rings. The Kier molecular flexibility index (Phi) is 4.93. The smallest absolute Gasteiger partial charge is 0.225 e. The highest BCUT2D eigenvalue weighted by Gasteiger charge is 2.18. The van der Waals surface area contributed by atoms with Gasteiger partial charge < -0.3 is 9.88 Å². The maximum atomic E-state index is 4.35. The Balaban J connectivity index is 1.20. The molecule has 0 amide bonds. The Morgan fingerprint density at radius 2 is 1.72 bits per heavy atom. The molecule has 1 aromatic carbocycles. The van der Waals surface area contributed by atoms with Crippen molar-refractivity contribution >= 4 is 16.9 Å². The average molecular weight is 335 g/mol. The molecule has 0 bridgehead atoms. The predicted octanol–water partition coefficient (Wildman–Crippen LogP) is 3.10. The second-order valence-electron chi connectivity index (χ2n) is 6.69. The quantitative estimate of drug-likeness (QED) is 0.703. The van der Waals surface area contributed by atoms with Crippen LogP contribution in [0.1, 0.15) is 18.4 Å². The lowest BCUT2D eigenvalue weighted by Crippen LogP contribution is -2.47. The molecule has 3 heterocycles. The van der Waals surface area contributed by atoms with E-state index in [9.17, 15) is 0 Å². The maximum absolute atomic E-state index is 4.35. The van der Waals surface area contributed by atoms with Crippen molar-refractivity contribution in [3.63, 3.8) is 0 Å². The van der Waals surface area contributed by atoms with Gasteiger partial charge in [0.1, 0.15) is 0 Å². The molecule has 0 saturated carbocycles. The van der Waals surface area contributed by atoms with Gasteiger partial charge in [-0.05, 0) is 43.5 Å². The van der Waals surface area contributed by atoms with E-state index in [-0.39, 0.29) is 0 Å². The summed E-state index contributed by atoms with van der Waals surface area (Å²) in [4.78, 5) is 16.9. The molecule has 0 unspecified atom stereocenters. The molecule has 3 aromatic rings. The third-order valence-corrected chi connectivity index (χ3v) is 5.05. The van der Waals surface area contributed by atoms with Crippen LogP contribution in [0.4, 0.5) is 5.95 Å². The number of unbranched alkanes of at least 4 members (excludes halogenated alkanes) is 1. The molecule has 130 valence electrons. The second-order valence-corrected chi connectivity index (χ2v) is 6.69. The zero-order valence-corrected chi connectivity index (χ0v) is 14.6. The number of hydrogen-bond acceptors (Lipinski definition) is 4. The first kappa shape index (κ1) is 16.1. The van der Waals surface area contributed by atoms with E-state index < -0.39 is 0 Å². The van der Waals surface area contributed by atoms with Crippen molar-refractivity contribution < 1.29 is 0 Å². The number of hydrogen-bond donors (Lipinski definition) is 1. The molecule has 5 nitrogen and oxygen atoms in total. The average Bonchev–Trinajstić information content (AvgIpc) is 3.10. The van der Waals surface area contributed by atoms with Crippen LogP contribution in [0.15, 0.2) is 48.9 Å². The molecule has 25 heavy (non-hydrogen) atoms. The lowest BCUT2D eigenvalue weighted by atomic mass is 10.1. The first-order valence-corrected chi connectivity index (χ1v) is 9.19. The number of benzene rings is 1. The minimum Gasteiger partial charge on any atom is -0.361 e. The van der Waals surface area contributed by atoms with E-state index >= 15 is 0 Å². The molecule has 5 heteroatoms. The Labute approximate surface area is 148 Å². The highest BCUT2D eigenvalue weighted by Crippen LogP contribution is 2.19. The zero-order valence-electron chi connectivity index (χ0n) is 14.6. The summed E-state index contributed by atoms with van der Waals surface area (Å²) in [7, 11) is 0. The molecule has 0 spiro atoms. The Hall–Kier alpha value is -2.40. The number of anilines is 1. The highest BCUT2D eigenvalue weighted by molar-refractivity contribution is 5.82. The molecule has 0 radical (unpaired) electrons. The van der Waals surface area contributed by atoms with Gasteiger partial charge in [-0.25, -0.2) is 9.97 Å². The summed E-state index contributed by atoms with van der Waals surface area (Å²) in [5.41, 5.74) is 2.69. The van der Waals surface area contributed by atoms with Crippen LogP contribution in [-0.2, 0) is 6.42 Å². The van der Waals surface area contributed by atoms with Gasteiger partial charge in [0.2, 0.25) is 5.95 Å². The van der Waals surface area contributed by atoms with Gasteiger partial charge in [-0.15, -0.1) is 0 Å². The zero-order chi connectivity index (χ0) is 16.9. The first-order valence-electron chi connectivity index (χ1n) is 9.19. The SMILES string of the molecule is c1cnc(N2CCN(CCCCc3c[nH]c4ccccc34)CC2)nc1. The minimum atomic E-state index is 0.862. The lowest BCUT2D eigenvalue weighted by molar-refractivity contribution is 0.252. The Morgan fingerprint density at radius 1 is 0.920 bits per heavy atom. The highest BCUT2D eigenvalue weighted by atomic mass is 15.3. The molecule has 0 atom stereocenters. The number of para-hydroxylation sites is 1. The Morgan fingerprint density at radius 3 is 2.56 bits per heavy atom. The standard InChI is InChI=1S/C20H25N5/c1-2-8-19-18(7-1)17(16-23-19)6-3-4-11-24-12-14-25(15-13-24)20-21-9-5-10-22-20/h1-2,5,7-10,16,23H,3-4,6,11-15H2. The number of H-pyrrole nitrogens is 1. The van der Waals surface area contributed by atoms with Crippen molar-refractivity contribution in [3.8, 4) is 0 Å². The molecular weight excluding hydrogens is 310 g/mol. The van der Waals surface area contributed by atoms with E-state index in [4.69, 9.17) is 0 Å². The van der Waals surface area contributed by atoms with Crippen LogP contribution in [0.25, 0.3) is 10.9 Å². The predicted molar refractivity (Wildman–Crippen MR) is 102 cm³/mol. The molecule has 2 aromatic heterocycles. The fourth-order valence-electron chi connectivity index (χ4n) is 3.62. The van der Waals surface area contributed by atoms with E-state index in [2.05, 4.69) is 55.2 Å². The summed E-state index contributed by atoms with van der Waals surface area (Å²) in [5.74, 6) is 0.862. The fraction of sp³-hybridized carbons (Fsp3) is 0.400. The van der Waals surface area contributed by atoms with Gasteiger partial charge in [-0.2, -0.15) is 0 Å².